The maximum atomic E-state index is 14.3. The molecule has 4 heterocycles. The van der Waals surface area contributed by atoms with Crippen LogP contribution in [0.2, 0.25) is 5.02 Å². The quantitative estimate of drug-likeness (QED) is 0.0923. The number of aromatic nitrogens is 2. The van der Waals surface area contributed by atoms with Crippen molar-refractivity contribution < 1.29 is 34.7 Å². The van der Waals surface area contributed by atoms with Crippen molar-refractivity contribution in [3.63, 3.8) is 0 Å². The van der Waals surface area contributed by atoms with Crippen LogP contribution in [0.15, 0.2) is 118 Å². The molecule has 346 valence electrons. The Hall–Kier alpha value is -4.27. The van der Waals surface area contributed by atoms with Crippen molar-refractivity contribution in [1.29, 1.82) is 0 Å². The lowest BCUT2D eigenvalue weighted by molar-refractivity contribution is -0.0435. The molecule has 4 aromatic carbocycles. The molecule has 0 aliphatic carbocycles. The van der Waals surface area contributed by atoms with Gasteiger partial charge in [-0.25, -0.2) is 26.8 Å². The highest BCUT2D eigenvalue weighted by molar-refractivity contribution is 7.99. The maximum absolute atomic E-state index is 14.3. The first-order valence-electron chi connectivity index (χ1n) is 21.6. The highest BCUT2D eigenvalue weighted by Gasteiger charge is 2.48. The second-order valence-electron chi connectivity index (χ2n) is 16.5. The Labute approximate surface area is 387 Å². The van der Waals surface area contributed by atoms with Crippen LogP contribution < -0.4 is 10.0 Å². The number of thioether (sulfide) groups is 1. The topological polar surface area (TPSA) is 137 Å². The van der Waals surface area contributed by atoms with Gasteiger partial charge in [0.2, 0.25) is 0 Å². The van der Waals surface area contributed by atoms with E-state index in [4.69, 9.17) is 16.3 Å². The number of nitrogens with zero attached hydrogens (tertiary/aromatic N) is 5. The molecule has 0 radical (unpaired) electrons. The minimum Gasteiger partial charge on any atom is -0.380 e. The predicted molar refractivity (Wildman–Crippen MR) is 248 cm³/mol. The zero-order valence-electron chi connectivity index (χ0n) is 35.6. The number of fused-ring (bicyclic) bond motifs is 1. The van der Waals surface area contributed by atoms with E-state index in [9.17, 15) is 30.0 Å². The molecule has 0 bridgehead atoms. The average molecular weight is 971 g/mol. The smallest absolute Gasteiger partial charge is 0.380 e. The normalized spacial score (nSPS) is 17.7. The van der Waals surface area contributed by atoms with Crippen LogP contribution in [0.3, 0.4) is 0 Å². The first-order valence-corrected chi connectivity index (χ1v) is 25.9. The Morgan fingerprint density at radius 3 is 2.31 bits per heavy atom. The first kappa shape index (κ1) is 47.2. The Morgan fingerprint density at radius 2 is 1.57 bits per heavy atom. The predicted octanol–water partition coefficient (Wildman–Crippen LogP) is 8.21. The molecule has 3 aliphatic rings. The second kappa shape index (κ2) is 20.7. The number of hydrogen-bond acceptors (Lipinski definition) is 12. The summed E-state index contributed by atoms with van der Waals surface area (Å²) < 4.78 is 105. The molecular formula is C46H51ClF3N7O5S3. The van der Waals surface area contributed by atoms with E-state index < -0.39 is 41.2 Å². The largest absolute Gasteiger partial charge is 0.501 e. The number of ether oxygens (including phenoxy) is 1. The summed E-state index contributed by atoms with van der Waals surface area (Å²) in [4.78, 5) is 14.9. The summed E-state index contributed by atoms with van der Waals surface area (Å²) in [5, 5.41) is 3.75. The molecule has 0 unspecified atom stereocenters. The molecule has 1 atom stereocenters. The summed E-state index contributed by atoms with van der Waals surface area (Å²) in [5.41, 5.74) is -1.25. The third-order valence-corrected chi connectivity index (χ3v) is 16.5. The van der Waals surface area contributed by atoms with Gasteiger partial charge in [0, 0.05) is 72.6 Å². The van der Waals surface area contributed by atoms with E-state index in [1.54, 1.807) is 0 Å². The van der Waals surface area contributed by atoms with Crippen molar-refractivity contribution in [2.24, 2.45) is 0 Å². The number of piperidine rings is 1. The number of benzene rings is 4. The Bertz CT molecular complexity index is 2640. The van der Waals surface area contributed by atoms with Gasteiger partial charge in [0.25, 0.3) is 19.9 Å². The van der Waals surface area contributed by atoms with Gasteiger partial charge in [-0.05, 0) is 97.9 Å². The van der Waals surface area contributed by atoms with Crippen molar-refractivity contribution in [3.05, 3.63) is 125 Å². The number of rotatable bonds is 16. The number of alkyl halides is 3. The average Bonchev–Trinajstić information content (AvgIpc) is 3.31. The highest BCUT2D eigenvalue weighted by Crippen LogP contribution is 2.38. The van der Waals surface area contributed by atoms with Gasteiger partial charge in [-0.3, -0.25) is 19.4 Å². The Kier molecular flexibility index (Phi) is 15.1. The molecule has 0 spiro atoms. The van der Waals surface area contributed by atoms with Crippen LogP contribution in [0.5, 0.6) is 0 Å². The van der Waals surface area contributed by atoms with E-state index in [1.807, 2.05) is 60.7 Å². The fourth-order valence-electron chi connectivity index (χ4n) is 8.64. The third-order valence-electron chi connectivity index (χ3n) is 12.2. The van der Waals surface area contributed by atoms with Crippen LogP contribution in [0.4, 0.5) is 24.7 Å². The minimum atomic E-state index is -6.00. The lowest BCUT2D eigenvalue weighted by Gasteiger charge is -2.40. The molecule has 0 amide bonds. The molecule has 2 fully saturated rings. The van der Waals surface area contributed by atoms with E-state index in [1.165, 1.54) is 29.2 Å². The van der Waals surface area contributed by atoms with E-state index in [0.29, 0.717) is 86.9 Å². The molecule has 0 saturated carbocycles. The van der Waals surface area contributed by atoms with Gasteiger partial charge in [0.1, 0.15) is 17.0 Å². The van der Waals surface area contributed by atoms with Gasteiger partial charge in [-0.1, -0.05) is 66.2 Å². The molecule has 5 aromatic rings. The van der Waals surface area contributed by atoms with Crippen LogP contribution in [0, 0.1) is 0 Å². The van der Waals surface area contributed by atoms with Gasteiger partial charge < -0.3 is 10.1 Å². The zero-order chi connectivity index (χ0) is 45.6. The van der Waals surface area contributed by atoms with Crippen LogP contribution in [0.1, 0.15) is 36.1 Å². The summed E-state index contributed by atoms with van der Waals surface area (Å²) in [6, 6.07) is 28.3. The van der Waals surface area contributed by atoms with Gasteiger partial charge in [-0.2, -0.15) is 13.2 Å². The molecule has 2 saturated heterocycles. The molecule has 65 heavy (non-hydrogen) atoms. The molecule has 8 rings (SSSR count). The van der Waals surface area contributed by atoms with Crippen molar-refractivity contribution >= 4 is 54.7 Å². The summed E-state index contributed by atoms with van der Waals surface area (Å²) in [6.45, 7) is 6.84. The second-order valence-corrected chi connectivity index (χ2v) is 21.6. The molecule has 2 N–H and O–H groups in total. The molecule has 19 heteroatoms. The SMILES string of the molecule is O=S(=O)(Nc1ncnc2c1CCN(C1CCN(Cc3ccccc3-c3ccc(Cl)cc3)CC1)C2)c1ccc(N[C@H](CCN2CCOCC2)CSc2ccccc2)c(S(=O)(=O)C(F)(F)F)c1. The molecule has 1 aromatic heterocycles. The summed E-state index contributed by atoms with van der Waals surface area (Å²) in [7, 11) is -10.6. The first-order chi connectivity index (χ1) is 31.2. The number of hydrogen-bond donors (Lipinski definition) is 2. The highest BCUT2D eigenvalue weighted by atomic mass is 35.5. The summed E-state index contributed by atoms with van der Waals surface area (Å²) in [6.07, 6.45) is 4.06. The van der Waals surface area contributed by atoms with Crippen molar-refractivity contribution in [3.8, 4) is 11.1 Å². The Balaban J connectivity index is 0.952. The summed E-state index contributed by atoms with van der Waals surface area (Å²) >= 11 is 7.62. The van der Waals surface area contributed by atoms with E-state index >= 15 is 0 Å². The van der Waals surface area contributed by atoms with Crippen LogP contribution in [0.25, 0.3) is 11.1 Å². The lowest BCUT2D eigenvalue weighted by Crippen LogP contribution is -2.46. The summed E-state index contributed by atoms with van der Waals surface area (Å²) in [5.74, 6) is 0.407. The lowest BCUT2D eigenvalue weighted by atomic mass is 9.96. The van der Waals surface area contributed by atoms with E-state index in [2.05, 4.69) is 52.9 Å². The number of halogens is 4. The fraction of sp³-hybridized carbons (Fsp3) is 0.391. The third kappa shape index (κ3) is 11.6. The van der Waals surface area contributed by atoms with Gasteiger partial charge >= 0.3 is 5.51 Å². The number of likely N-dealkylation sites (tertiary alicyclic amines) is 1. The number of morpholine rings is 1. The fourth-order valence-corrected chi connectivity index (χ4v) is 11.9. The van der Waals surface area contributed by atoms with E-state index in [-0.39, 0.29) is 17.5 Å². The van der Waals surface area contributed by atoms with Crippen LogP contribution >= 0.6 is 23.4 Å². The molecular weight excluding hydrogens is 919 g/mol. The number of nitrogens with one attached hydrogen (secondary N) is 2. The maximum Gasteiger partial charge on any atom is 0.501 e. The van der Waals surface area contributed by atoms with Crippen LogP contribution in [-0.4, -0.2) is 117 Å². The number of sulfone groups is 1. The zero-order valence-corrected chi connectivity index (χ0v) is 38.8. The van der Waals surface area contributed by atoms with Gasteiger partial charge in [0.15, 0.2) is 0 Å². The van der Waals surface area contributed by atoms with Crippen molar-refractivity contribution in [1.82, 2.24) is 24.7 Å². The van der Waals surface area contributed by atoms with Gasteiger partial charge in [-0.15, -0.1) is 11.8 Å². The number of sulfonamides is 1. The van der Waals surface area contributed by atoms with Crippen molar-refractivity contribution in [2.75, 3.05) is 68.3 Å². The molecule has 12 nitrogen and oxygen atoms in total. The minimum absolute atomic E-state index is 0.00682. The monoisotopic (exact) mass is 969 g/mol. The Morgan fingerprint density at radius 1 is 0.846 bits per heavy atom. The van der Waals surface area contributed by atoms with Gasteiger partial charge in [0.05, 0.1) is 29.5 Å². The molecule has 3 aliphatic heterocycles. The standard InChI is InChI=1S/C46H51ClF3N7O5S3/c47-35-12-10-33(11-13-35)40-9-5-4-6-34(40)29-56-21-17-37(18-22-56)57-23-19-41-43(30-57)51-32-52-45(41)54-65(60,61)39-14-15-42(44(28-39)64(58,59)46(48,49)50)53-36(16-20-55-24-26-62-27-25-55)31-63-38-7-2-1-3-8-38/h1-15,28,32,36-37,53H,16-27,29-31H2,(H,51,52,54)/t36-/m1/s1. The van der Waals surface area contributed by atoms with Crippen LogP contribution in [-0.2, 0) is 44.1 Å². The van der Waals surface area contributed by atoms with Crippen molar-refractivity contribution in [2.45, 2.75) is 71.1 Å². The van der Waals surface area contributed by atoms with E-state index in [0.717, 1.165) is 55.1 Å². The number of anilines is 2.